The highest BCUT2D eigenvalue weighted by Crippen LogP contribution is 2.26. The first-order chi connectivity index (χ1) is 7.04. The van der Waals surface area contributed by atoms with Crippen molar-refractivity contribution in [1.82, 2.24) is 0 Å². The number of carbonyl (C=O) groups excluding carboxylic acids is 1. The molecule has 80 valence electrons. The number of Topliss-reactive ketones (excluding diaryl/α,β-unsaturated/α-hetero) is 1. The van der Waals surface area contributed by atoms with Crippen LogP contribution in [-0.2, 0) is 0 Å². The number of carbonyl (C=O) groups is 1. The van der Waals surface area contributed by atoms with Crippen LogP contribution in [0.1, 0.15) is 10.4 Å². The molecule has 0 amide bonds. The van der Waals surface area contributed by atoms with E-state index in [-0.39, 0.29) is 17.1 Å². The second kappa shape index (κ2) is 4.41. The van der Waals surface area contributed by atoms with E-state index >= 15 is 0 Å². The van der Waals surface area contributed by atoms with Gasteiger partial charge in [-0.2, -0.15) is 0 Å². The van der Waals surface area contributed by atoms with E-state index in [0.717, 1.165) is 6.07 Å². The van der Waals surface area contributed by atoms with Crippen molar-refractivity contribution >= 4 is 5.78 Å². The lowest BCUT2D eigenvalue weighted by atomic mass is 10.1. The normalized spacial score (nSPS) is 9.67. The summed E-state index contributed by atoms with van der Waals surface area (Å²) in [4.78, 5) is 20.6. The SMILES string of the molecule is COc1ccc(C(=O)C[N+](=O)[O-])cc1O. The highest BCUT2D eigenvalue weighted by atomic mass is 16.6. The molecule has 0 atom stereocenters. The van der Waals surface area contributed by atoms with Crippen LogP contribution in [0.5, 0.6) is 11.5 Å². The topological polar surface area (TPSA) is 89.7 Å². The number of hydrogen-bond acceptors (Lipinski definition) is 5. The van der Waals surface area contributed by atoms with Crippen LogP contribution in [0.3, 0.4) is 0 Å². The number of ketones is 1. The van der Waals surface area contributed by atoms with E-state index in [2.05, 4.69) is 0 Å². The first kappa shape index (κ1) is 11.0. The van der Waals surface area contributed by atoms with Gasteiger partial charge < -0.3 is 9.84 Å². The van der Waals surface area contributed by atoms with Gasteiger partial charge in [-0.15, -0.1) is 0 Å². The Kier molecular flexibility index (Phi) is 3.22. The lowest BCUT2D eigenvalue weighted by molar-refractivity contribution is -0.465. The number of hydrogen-bond donors (Lipinski definition) is 1. The highest BCUT2D eigenvalue weighted by Gasteiger charge is 2.14. The van der Waals surface area contributed by atoms with E-state index in [1.807, 2.05) is 0 Å². The Morgan fingerprint density at radius 2 is 2.27 bits per heavy atom. The summed E-state index contributed by atoms with van der Waals surface area (Å²) < 4.78 is 4.77. The summed E-state index contributed by atoms with van der Waals surface area (Å²) >= 11 is 0. The molecule has 1 rings (SSSR count). The van der Waals surface area contributed by atoms with Crippen LogP contribution in [-0.4, -0.2) is 29.5 Å². The molecule has 0 fully saturated rings. The summed E-state index contributed by atoms with van der Waals surface area (Å²) in [6, 6.07) is 3.89. The Balaban J connectivity index is 2.92. The van der Waals surface area contributed by atoms with Crippen molar-refractivity contribution < 1.29 is 19.6 Å². The zero-order valence-corrected chi connectivity index (χ0v) is 7.97. The van der Waals surface area contributed by atoms with Crippen LogP contribution in [0, 0.1) is 10.1 Å². The van der Waals surface area contributed by atoms with Gasteiger partial charge in [0.25, 0.3) is 6.54 Å². The summed E-state index contributed by atoms with van der Waals surface area (Å²) in [6.45, 7) is -0.786. The van der Waals surface area contributed by atoms with Gasteiger partial charge >= 0.3 is 0 Å². The Hall–Kier alpha value is -2.11. The van der Waals surface area contributed by atoms with Gasteiger partial charge in [-0.1, -0.05) is 0 Å². The van der Waals surface area contributed by atoms with E-state index < -0.39 is 17.3 Å². The van der Waals surface area contributed by atoms with Crippen LogP contribution in [0.15, 0.2) is 18.2 Å². The Labute approximate surface area is 85.2 Å². The average molecular weight is 211 g/mol. The van der Waals surface area contributed by atoms with Gasteiger partial charge in [0, 0.05) is 10.5 Å². The van der Waals surface area contributed by atoms with Crippen LogP contribution in [0.2, 0.25) is 0 Å². The van der Waals surface area contributed by atoms with Crippen molar-refractivity contribution in [2.75, 3.05) is 13.7 Å². The highest BCUT2D eigenvalue weighted by molar-refractivity contribution is 5.97. The monoisotopic (exact) mass is 211 g/mol. The zero-order chi connectivity index (χ0) is 11.4. The smallest absolute Gasteiger partial charge is 0.265 e. The summed E-state index contributed by atoms with van der Waals surface area (Å²) in [6.07, 6.45) is 0. The fourth-order valence-corrected chi connectivity index (χ4v) is 1.07. The lowest BCUT2D eigenvalue weighted by Crippen LogP contribution is -2.13. The molecule has 0 heterocycles. The first-order valence-electron chi connectivity index (χ1n) is 4.06. The fourth-order valence-electron chi connectivity index (χ4n) is 1.07. The minimum absolute atomic E-state index is 0.0880. The second-order valence-electron chi connectivity index (χ2n) is 2.80. The minimum atomic E-state index is -0.786. The molecule has 0 aliphatic carbocycles. The van der Waals surface area contributed by atoms with Crippen molar-refractivity contribution in [3.05, 3.63) is 33.9 Å². The Morgan fingerprint density at radius 1 is 1.60 bits per heavy atom. The lowest BCUT2D eigenvalue weighted by Gasteiger charge is -2.03. The summed E-state index contributed by atoms with van der Waals surface area (Å²) in [5, 5.41) is 19.4. The number of nitro groups is 1. The van der Waals surface area contributed by atoms with E-state index in [4.69, 9.17) is 4.74 Å². The third-order valence-corrected chi connectivity index (χ3v) is 1.77. The molecule has 1 N–H and O–H groups in total. The van der Waals surface area contributed by atoms with Crippen molar-refractivity contribution in [1.29, 1.82) is 0 Å². The maximum absolute atomic E-state index is 11.2. The van der Waals surface area contributed by atoms with E-state index in [1.165, 1.54) is 19.2 Å². The fraction of sp³-hybridized carbons (Fsp3) is 0.222. The van der Waals surface area contributed by atoms with Crippen molar-refractivity contribution in [3.63, 3.8) is 0 Å². The van der Waals surface area contributed by atoms with Crippen LogP contribution in [0.25, 0.3) is 0 Å². The second-order valence-corrected chi connectivity index (χ2v) is 2.80. The number of rotatable bonds is 4. The molecule has 1 aromatic rings. The third-order valence-electron chi connectivity index (χ3n) is 1.77. The van der Waals surface area contributed by atoms with Crippen LogP contribution < -0.4 is 4.74 Å². The Bertz CT molecular complexity index is 401. The molecule has 0 aromatic heterocycles. The molecule has 0 saturated carbocycles. The first-order valence-corrected chi connectivity index (χ1v) is 4.06. The molecule has 6 nitrogen and oxygen atoms in total. The summed E-state index contributed by atoms with van der Waals surface area (Å²) in [5.74, 6) is -0.655. The van der Waals surface area contributed by atoms with Gasteiger partial charge in [-0.05, 0) is 18.2 Å². The molecule has 0 aliphatic rings. The number of phenolic OH excluding ortho intramolecular Hbond substituents is 1. The van der Waals surface area contributed by atoms with Gasteiger partial charge in [0.2, 0.25) is 5.78 Å². The molecular formula is C9H9NO5. The molecule has 15 heavy (non-hydrogen) atoms. The van der Waals surface area contributed by atoms with Gasteiger partial charge in [0.15, 0.2) is 11.5 Å². The molecule has 0 spiro atoms. The number of benzene rings is 1. The number of aromatic hydroxyl groups is 1. The van der Waals surface area contributed by atoms with Gasteiger partial charge in [-0.3, -0.25) is 14.9 Å². The average Bonchev–Trinajstić information content (AvgIpc) is 2.16. The van der Waals surface area contributed by atoms with E-state index in [1.54, 1.807) is 0 Å². The largest absolute Gasteiger partial charge is 0.504 e. The van der Waals surface area contributed by atoms with E-state index in [0.29, 0.717) is 0 Å². The van der Waals surface area contributed by atoms with Crippen LogP contribution >= 0.6 is 0 Å². The summed E-state index contributed by atoms with van der Waals surface area (Å²) in [5.41, 5.74) is 0.0880. The molecular weight excluding hydrogens is 202 g/mol. The van der Waals surface area contributed by atoms with Gasteiger partial charge in [-0.25, -0.2) is 0 Å². The van der Waals surface area contributed by atoms with Gasteiger partial charge in [0.05, 0.1) is 7.11 Å². The summed E-state index contributed by atoms with van der Waals surface area (Å²) in [7, 11) is 1.37. The maximum Gasteiger partial charge on any atom is 0.265 e. The number of methoxy groups -OCH3 is 1. The predicted octanol–water partition coefficient (Wildman–Crippen LogP) is 0.860. The molecule has 0 saturated heterocycles. The van der Waals surface area contributed by atoms with E-state index in [9.17, 15) is 20.0 Å². The molecule has 6 heteroatoms. The minimum Gasteiger partial charge on any atom is -0.504 e. The molecule has 1 aromatic carbocycles. The van der Waals surface area contributed by atoms with Crippen molar-refractivity contribution in [2.45, 2.75) is 0 Å². The van der Waals surface area contributed by atoms with Crippen molar-refractivity contribution in [2.24, 2.45) is 0 Å². The standard InChI is InChI=1S/C9H9NO5/c1-15-9-3-2-6(4-7(9)11)8(12)5-10(13)14/h2-4,11H,5H2,1H3. The quantitative estimate of drug-likeness (QED) is 0.453. The molecule has 0 bridgehead atoms. The number of nitrogens with zero attached hydrogens (tertiary/aromatic N) is 1. The van der Waals surface area contributed by atoms with Crippen molar-refractivity contribution in [3.8, 4) is 11.5 Å². The van der Waals surface area contributed by atoms with Crippen LogP contribution in [0.4, 0.5) is 0 Å². The third kappa shape index (κ3) is 2.67. The maximum atomic E-state index is 11.2. The molecule has 0 aliphatic heterocycles. The zero-order valence-electron chi connectivity index (χ0n) is 7.97. The number of phenols is 1. The molecule has 0 unspecified atom stereocenters. The number of ether oxygens (including phenoxy) is 1. The molecule has 0 radical (unpaired) electrons. The Morgan fingerprint density at radius 3 is 2.73 bits per heavy atom. The predicted molar refractivity (Wildman–Crippen MR) is 50.9 cm³/mol. The van der Waals surface area contributed by atoms with Gasteiger partial charge in [0.1, 0.15) is 0 Å².